The molecule has 2 rings (SSSR count). The van der Waals surface area contributed by atoms with Gasteiger partial charge < -0.3 is 21.1 Å². The number of anilines is 1. The van der Waals surface area contributed by atoms with Crippen molar-refractivity contribution in [3.63, 3.8) is 0 Å². The molecule has 1 saturated heterocycles. The van der Waals surface area contributed by atoms with Crippen LogP contribution in [0.3, 0.4) is 0 Å². The van der Waals surface area contributed by atoms with Crippen molar-refractivity contribution in [1.29, 1.82) is 0 Å². The van der Waals surface area contributed by atoms with Crippen molar-refractivity contribution in [2.75, 3.05) is 31.6 Å². The molecule has 0 radical (unpaired) electrons. The van der Waals surface area contributed by atoms with E-state index in [-0.39, 0.29) is 12.0 Å². The fourth-order valence-electron chi connectivity index (χ4n) is 2.03. The maximum absolute atomic E-state index is 11.1. The molecule has 1 heterocycles. The lowest BCUT2D eigenvalue weighted by molar-refractivity contribution is 0.0372. The van der Waals surface area contributed by atoms with E-state index >= 15 is 0 Å². The van der Waals surface area contributed by atoms with E-state index in [1.54, 1.807) is 6.07 Å². The number of nitrogens with two attached hydrogens (primary N) is 1. The molecule has 5 heteroatoms. The van der Waals surface area contributed by atoms with Crippen LogP contribution < -0.4 is 16.4 Å². The number of primary amides is 1. The maximum atomic E-state index is 11.1. The van der Waals surface area contributed by atoms with E-state index in [1.807, 2.05) is 19.1 Å². The van der Waals surface area contributed by atoms with Gasteiger partial charge in [0.25, 0.3) is 0 Å². The number of benzene rings is 1. The Hall–Kier alpha value is -1.59. The summed E-state index contributed by atoms with van der Waals surface area (Å²) in [5.74, 6) is -0.390. The number of amides is 1. The largest absolute Gasteiger partial charge is 0.382 e. The molecule has 1 aliphatic rings. The zero-order chi connectivity index (χ0) is 13.0. The average Bonchev–Trinajstić information content (AvgIpc) is 2.37. The van der Waals surface area contributed by atoms with E-state index in [1.165, 1.54) is 0 Å². The highest BCUT2D eigenvalue weighted by Crippen LogP contribution is 2.15. The van der Waals surface area contributed by atoms with Crippen LogP contribution in [0.1, 0.15) is 15.9 Å². The van der Waals surface area contributed by atoms with Crippen molar-refractivity contribution < 1.29 is 9.53 Å². The Bertz CT molecular complexity index is 428. The second-order valence-electron chi connectivity index (χ2n) is 4.47. The van der Waals surface area contributed by atoms with E-state index in [2.05, 4.69) is 10.6 Å². The van der Waals surface area contributed by atoms with Crippen LogP contribution in [0.25, 0.3) is 0 Å². The first-order chi connectivity index (χ1) is 8.66. The van der Waals surface area contributed by atoms with E-state index in [0.717, 1.165) is 37.5 Å². The summed E-state index contributed by atoms with van der Waals surface area (Å²) in [5, 5.41) is 6.58. The molecule has 0 saturated carbocycles. The van der Waals surface area contributed by atoms with Crippen LogP contribution in [-0.4, -0.2) is 38.3 Å². The molecule has 18 heavy (non-hydrogen) atoms. The summed E-state index contributed by atoms with van der Waals surface area (Å²) in [7, 11) is 0. The third-order valence-corrected chi connectivity index (χ3v) is 3.03. The molecule has 0 aromatic heterocycles. The van der Waals surface area contributed by atoms with Gasteiger partial charge in [-0.05, 0) is 30.7 Å². The van der Waals surface area contributed by atoms with Gasteiger partial charge in [-0.3, -0.25) is 4.79 Å². The summed E-state index contributed by atoms with van der Waals surface area (Å²) >= 11 is 0. The fraction of sp³-hybridized carbons (Fsp3) is 0.462. The number of morpholine rings is 1. The number of hydrogen-bond donors (Lipinski definition) is 3. The van der Waals surface area contributed by atoms with Gasteiger partial charge in [-0.15, -0.1) is 0 Å². The van der Waals surface area contributed by atoms with Gasteiger partial charge in [-0.2, -0.15) is 0 Å². The Kier molecular flexibility index (Phi) is 4.17. The molecule has 1 unspecified atom stereocenters. The number of hydrogen-bond acceptors (Lipinski definition) is 4. The molecule has 1 aliphatic heterocycles. The second-order valence-corrected chi connectivity index (χ2v) is 4.47. The molecular weight excluding hydrogens is 230 g/mol. The molecule has 5 nitrogen and oxygen atoms in total. The minimum absolute atomic E-state index is 0.190. The minimum Gasteiger partial charge on any atom is -0.382 e. The van der Waals surface area contributed by atoms with Crippen molar-refractivity contribution >= 4 is 11.6 Å². The molecule has 1 fully saturated rings. The Balaban J connectivity index is 1.93. The summed E-state index contributed by atoms with van der Waals surface area (Å²) in [5.41, 5.74) is 7.70. The highest BCUT2D eigenvalue weighted by molar-refractivity contribution is 5.94. The lowest BCUT2D eigenvalue weighted by Crippen LogP contribution is -2.42. The number of carbonyl (C=O) groups is 1. The molecule has 0 bridgehead atoms. The van der Waals surface area contributed by atoms with E-state index in [0.29, 0.717) is 5.56 Å². The van der Waals surface area contributed by atoms with Gasteiger partial charge in [-0.25, -0.2) is 0 Å². The molecule has 1 amide bonds. The summed E-state index contributed by atoms with van der Waals surface area (Å²) in [6.07, 6.45) is 0.190. The highest BCUT2D eigenvalue weighted by atomic mass is 16.5. The zero-order valence-electron chi connectivity index (χ0n) is 10.5. The van der Waals surface area contributed by atoms with Gasteiger partial charge in [0.05, 0.1) is 12.7 Å². The summed E-state index contributed by atoms with van der Waals surface area (Å²) in [4.78, 5) is 11.1. The quantitative estimate of drug-likeness (QED) is 0.726. The first-order valence-electron chi connectivity index (χ1n) is 6.13. The molecular formula is C13H19N3O2. The lowest BCUT2D eigenvalue weighted by Gasteiger charge is -2.24. The smallest absolute Gasteiger partial charge is 0.248 e. The fourth-order valence-corrected chi connectivity index (χ4v) is 2.03. The number of aryl methyl sites for hydroxylation is 1. The Morgan fingerprint density at radius 2 is 2.44 bits per heavy atom. The summed E-state index contributed by atoms with van der Waals surface area (Å²) in [6.45, 7) is 5.17. The SMILES string of the molecule is Cc1cc(NCC2CNCCO2)ccc1C(N)=O. The first kappa shape index (κ1) is 12.9. The standard InChI is InChI=1S/C13H19N3O2/c1-9-6-10(2-3-12(9)13(14)17)16-8-11-7-15-4-5-18-11/h2-3,6,11,15-16H,4-5,7-8H2,1H3,(H2,14,17). The number of nitrogens with one attached hydrogen (secondary N) is 2. The van der Waals surface area contributed by atoms with Crippen LogP contribution >= 0.6 is 0 Å². The van der Waals surface area contributed by atoms with Crippen molar-refractivity contribution in [2.24, 2.45) is 5.73 Å². The van der Waals surface area contributed by atoms with Crippen LogP contribution in [0.2, 0.25) is 0 Å². The molecule has 4 N–H and O–H groups in total. The molecule has 98 valence electrons. The molecule has 0 spiro atoms. The zero-order valence-corrected chi connectivity index (χ0v) is 10.5. The van der Waals surface area contributed by atoms with Crippen molar-refractivity contribution in [3.05, 3.63) is 29.3 Å². The number of carbonyl (C=O) groups excluding carboxylic acids is 1. The number of rotatable bonds is 4. The maximum Gasteiger partial charge on any atom is 0.248 e. The Morgan fingerprint density at radius 1 is 1.61 bits per heavy atom. The Morgan fingerprint density at radius 3 is 3.06 bits per heavy atom. The first-order valence-corrected chi connectivity index (χ1v) is 6.13. The minimum atomic E-state index is -0.390. The van der Waals surface area contributed by atoms with Gasteiger partial charge in [0, 0.05) is 30.9 Å². The molecule has 1 aromatic carbocycles. The van der Waals surface area contributed by atoms with Crippen molar-refractivity contribution in [2.45, 2.75) is 13.0 Å². The summed E-state index contributed by atoms with van der Waals surface area (Å²) in [6, 6.07) is 5.54. The van der Waals surface area contributed by atoms with Crippen molar-refractivity contribution in [3.8, 4) is 0 Å². The van der Waals surface area contributed by atoms with Gasteiger partial charge in [0.2, 0.25) is 5.91 Å². The normalized spacial score (nSPS) is 19.5. The van der Waals surface area contributed by atoms with Gasteiger partial charge >= 0.3 is 0 Å². The topological polar surface area (TPSA) is 76.4 Å². The lowest BCUT2D eigenvalue weighted by atomic mass is 10.1. The predicted molar refractivity (Wildman–Crippen MR) is 70.8 cm³/mol. The van der Waals surface area contributed by atoms with Crippen LogP contribution in [0.15, 0.2) is 18.2 Å². The van der Waals surface area contributed by atoms with Crippen LogP contribution in [0.5, 0.6) is 0 Å². The van der Waals surface area contributed by atoms with Gasteiger partial charge in [0.15, 0.2) is 0 Å². The third kappa shape index (κ3) is 3.21. The average molecular weight is 249 g/mol. The molecule has 0 aliphatic carbocycles. The van der Waals surface area contributed by atoms with Crippen molar-refractivity contribution in [1.82, 2.24) is 5.32 Å². The second kappa shape index (κ2) is 5.84. The van der Waals surface area contributed by atoms with Crippen LogP contribution in [0, 0.1) is 6.92 Å². The van der Waals surface area contributed by atoms with E-state index in [4.69, 9.17) is 10.5 Å². The molecule has 1 aromatic rings. The third-order valence-electron chi connectivity index (χ3n) is 3.03. The summed E-state index contributed by atoms with van der Waals surface area (Å²) < 4.78 is 5.59. The van der Waals surface area contributed by atoms with Crippen LogP contribution in [-0.2, 0) is 4.74 Å². The monoisotopic (exact) mass is 249 g/mol. The predicted octanol–water partition coefficient (Wildman–Crippen LogP) is 0.494. The number of ether oxygens (including phenoxy) is 1. The van der Waals surface area contributed by atoms with E-state index < -0.39 is 0 Å². The van der Waals surface area contributed by atoms with E-state index in [9.17, 15) is 4.79 Å². The van der Waals surface area contributed by atoms with Gasteiger partial charge in [0.1, 0.15) is 0 Å². The molecule has 1 atom stereocenters. The van der Waals surface area contributed by atoms with Gasteiger partial charge in [-0.1, -0.05) is 0 Å². The van der Waals surface area contributed by atoms with Crippen LogP contribution in [0.4, 0.5) is 5.69 Å². The highest BCUT2D eigenvalue weighted by Gasteiger charge is 2.13. The Labute approximate surface area is 107 Å².